The van der Waals surface area contributed by atoms with E-state index >= 15 is 0 Å². The number of rotatable bonds is 0. The standard InChI is InChI=1S/C21H18/c1-13-7-4-10-16-19(13)17-11-5-8-14(2)21(17)18-12-6-9-15(3)20(16)18/h4-12H,1-3H3. The molecule has 0 radical (unpaired) electrons. The first kappa shape index (κ1) is 12.4. The Morgan fingerprint density at radius 2 is 0.714 bits per heavy atom. The molecule has 0 saturated carbocycles. The van der Waals surface area contributed by atoms with Crippen molar-refractivity contribution in [3.8, 4) is 0 Å². The van der Waals surface area contributed by atoms with Crippen LogP contribution in [0.1, 0.15) is 16.7 Å². The zero-order valence-electron chi connectivity index (χ0n) is 12.7. The fourth-order valence-corrected chi connectivity index (χ4v) is 3.70. The Labute approximate surface area is 125 Å². The average molecular weight is 270 g/mol. The molecule has 0 aliphatic carbocycles. The molecule has 4 aromatic rings. The molecule has 4 aromatic carbocycles. The maximum absolute atomic E-state index is 2.26. The summed E-state index contributed by atoms with van der Waals surface area (Å²) >= 11 is 0. The van der Waals surface area contributed by atoms with Crippen LogP contribution < -0.4 is 0 Å². The molecule has 4 rings (SSSR count). The lowest BCUT2D eigenvalue weighted by atomic mass is 9.88. The quantitative estimate of drug-likeness (QED) is 0.340. The number of aryl methyl sites for hydroxylation is 3. The van der Waals surface area contributed by atoms with Crippen LogP contribution >= 0.6 is 0 Å². The third kappa shape index (κ3) is 1.62. The smallest absolute Gasteiger partial charge is 0.00695 e. The lowest BCUT2D eigenvalue weighted by molar-refractivity contribution is 1.51. The van der Waals surface area contributed by atoms with Gasteiger partial charge in [-0.25, -0.2) is 0 Å². The second-order valence-electron chi connectivity index (χ2n) is 5.99. The van der Waals surface area contributed by atoms with Crippen LogP contribution in [-0.2, 0) is 0 Å². The fraction of sp³-hybridized carbons (Fsp3) is 0.143. The minimum absolute atomic E-state index is 1.35. The van der Waals surface area contributed by atoms with Crippen molar-refractivity contribution in [2.75, 3.05) is 0 Å². The van der Waals surface area contributed by atoms with E-state index in [9.17, 15) is 0 Å². The number of hydrogen-bond donors (Lipinski definition) is 0. The average Bonchev–Trinajstić information content (AvgIpc) is 2.47. The summed E-state index contributed by atoms with van der Waals surface area (Å²) in [6.07, 6.45) is 0. The maximum Gasteiger partial charge on any atom is -0.00695 e. The van der Waals surface area contributed by atoms with Crippen molar-refractivity contribution in [2.24, 2.45) is 0 Å². The monoisotopic (exact) mass is 270 g/mol. The Kier molecular flexibility index (Phi) is 2.56. The van der Waals surface area contributed by atoms with Gasteiger partial charge in [0.2, 0.25) is 0 Å². The van der Waals surface area contributed by atoms with Crippen molar-refractivity contribution in [1.82, 2.24) is 0 Å². The molecule has 0 N–H and O–H groups in total. The second-order valence-corrected chi connectivity index (χ2v) is 5.99. The molecule has 0 fully saturated rings. The zero-order chi connectivity index (χ0) is 14.6. The van der Waals surface area contributed by atoms with Gasteiger partial charge < -0.3 is 0 Å². The molecule has 0 aromatic heterocycles. The number of benzene rings is 4. The van der Waals surface area contributed by atoms with Crippen molar-refractivity contribution in [3.05, 3.63) is 71.3 Å². The van der Waals surface area contributed by atoms with E-state index in [0.717, 1.165) is 0 Å². The molecule has 0 aliphatic rings. The molecule has 102 valence electrons. The van der Waals surface area contributed by atoms with E-state index in [4.69, 9.17) is 0 Å². The van der Waals surface area contributed by atoms with Gasteiger partial charge in [-0.1, -0.05) is 54.6 Å². The van der Waals surface area contributed by atoms with E-state index < -0.39 is 0 Å². The van der Waals surface area contributed by atoms with Crippen molar-refractivity contribution >= 4 is 32.3 Å². The SMILES string of the molecule is Cc1cccc2c1c1cccc(C)c1c1cccc(C)c21. The van der Waals surface area contributed by atoms with Crippen LogP contribution in [-0.4, -0.2) is 0 Å². The molecular weight excluding hydrogens is 252 g/mol. The zero-order valence-corrected chi connectivity index (χ0v) is 12.7. The molecular formula is C21H18. The molecule has 0 unspecified atom stereocenters. The Bertz CT molecular complexity index is 844. The number of hydrogen-bond acceptors (Lipinski definition) is 0. The number of fused-ring (bicyclic) bond motifs is 6. The first-order valence-electron chi connectivity index (χ1n) is 7.48. The first-order valence-corrected chi connectivity index (χ1v) is 7.48. The maximum atomic E-state index is 2.26. The van der Waals surface area contributed by atoms with Gasteiger partial charge in [0.15, 0.2) is 0 Å². The molecule has 0 bridgehead atoms. The summed E-state index contributed by atoms with van der Waals surface area (Å²) in [6.45, 7) is 6.65. The van der Waals surface area contributed by atoms with Crippen molar-refractivity contribution < 1.29 is 0 Å². The minimum atomic E-state index is 1.35. The van der Waals surface area contributed by atoms with E-state index in [1.165, 1.54) is 49.0 Å². The van der Waals surface area contributed by atoms with Gasteiger partial charge in [0.25, 0.3) is 0 Å². The van der Waals surface area contributed by atoms with E-state index in [2.05, 4.69) is 75.4 Å². The Morgan fingerprint density at radius 3 is 1.00 bits per heavy atom. The molecule has 21 heavy (non-hydrogen) atoms. The van der Waals surface area contributed by atoms with Gasteiger partial charge in [-0.3, -0.25) is 0 Å². The van der Waals surface area contributed by atoms with E-state index in [-0.39, 0.29) is 0 Å². The lowest BCUT2D eigenvalue weighted by Crippen LogP contribution is -1.89. The van der Waals surface area contributed by atoms with E-state index in [1.807, 2.05) is 0 Å². The lowest BCUT2D eigenvalue weighted by Gasteiger charge is -2.15. The molecule has 0 aliphatic heterocycles. The third-order valence-corrected chi connectivity index (χ3v) is 4.63. The fourth-order valence-electron chi connectivity index (χ4n) is 3.70. The van der Waals surface area contributed by atoms with Crippen LogP contribution in [0.4, 0.5) is 0 Å². The Hall–Kier alpha value is -2.34. The normalized spacial score (nSPS) is 11.6. The van der Waals surface area contributed by atoms with Crippen LogP contribution in [0, 0.1) is 20.8 Å². The Balaban J connectivity index is 2.51. The predicted molar refractivity (Wildman–Crippen MR) is 93.2 cm³/mol. The molecule has 0 amide bonds. The molecule has 0 atom stereocenters. The largest absolute Gasteiger partial charge is 0.0613 e. The highest BCUT2D eigenvalue weighted by Gasteiger charge is 2.12. The van der Waals surface area contributed by atoms with Gasteiger partial charge in [-0.2, -0.15) is 0 Å². The van der Waals surface area contributed by atoms with Gasteiger partial charge in [0.1, 0.15) is 0 Å². The summed E-state index contributed by atoms with van der Waals surface area (Å²) in [6, 6.07) is 20.0. The molecule has 0 heterocycles. The predicted octanol–water partition coefficient (Wildman–Crippen LogP) is 6.07. The van der Waals surface area contributed by atoms with Gasteiger partial charge in [-0.15, -0.1) is 0 Å². The van der Waals surface area contributed by atoms with Gasteiger partial charge in [0, 0.05) is 0 Å². The van der Waals surface area contributed by atoms with Crippen LogP contribution in [0.3, 0.4) is 0 Å². The van der Waals surface area contributed by atoms with E-state index in [0.29, 0.717) is 0 Å². The highest BCUT2D eigenvalue weighted by Crippen LogP contribution is 2.39. The second kappa shape index (κ2) is 4.33. The third-order valence-electron chi connectivity index (χ3n) is 4.63. The van der Waals surface area contributed by atoms with Crippen LogP contribution in [0.15, 0.2) is 54.6 Å². The minimum Gasteiger partial charge on any atom is -0.0613 e. The van der Waals surface area contributed by atoms with Gasteiger partial charge in [-0.05, 0) is 69.8 Å². The van der Waals surface area contributed by atoms with Crippen LogP contribution in [0.25, 0.3) is 32.3 Å². The highest BCUT2D eigenvalue weighted by molar-refractivity contribution is 6.27. The van der Waals surface area contributed by atoms with Gasteiger partial charge >= 0.3 is 0 Å². The summed E-state index contributed by atoms with van der Waals surface area (Å²) < 4.78 is 0. The summed E-state index contributed by atoms with van der Waals surface area (Å²) in [7, 11) is 0. The van der Waals surface area contributed by atoms with E-state index in [1.54, 1.807) is 0 Å². The first-order chi connectivity index (χ1) is 10.2. The van der Waals surface area contributed by atoms with Crippen molar-refractivity contribution in [1.29, 1.82) is 0 Å². The molecule has 0 saturated heterocycles. The molecule has 0 spiro atoms. The topological polar surface area (TPSA) is 0 Å². The molecule has 0 heteroatoms. The highest BCUT2D eigenvalue weighted by atomic mass is 14.2. The summed E-state index contributed by atoms with van der Waals surface area (Å²) in [5.41, 5.74) is 4.06. The van der Waals surface area contributed by atoms with Crippen molar-refractivity contribution in [3.63, 3.8) is 0 Å². The van der Waals surface area contributed by atoms with Crippen LogP contribution in [0.5, 0.6) is 0 Å². The summed E-state index contributed by atoms with van der Waals surface area (Å²) in [5, 5.41) is 8.33. The van der Waals surface area contributed by atoms with Crippen molar-refractivity contribution in [2.45, 2.75) is 20.8 Å². The van der Waals surface area contributed by atoms with Crippen LogP contribution in [0.2, 0.25) is 0 Å². The summed E-state index contributed by atoms with van der Waals surface area (Å²) in [5.74, 6) is 0. The summed E-state index contributed by atoms with van der Waals surface area (Å²) in [4.78, 5) is 0. The van der Waals surface area contributed by atoms with Gasteiger partial charge in [0.05, 0.1) is 0 Å². The molecule has 0 nitrogen and oxygen atoms in total. The Morgan fingerprint density at radius 1 is 0.429 bits per heavy atom.